The molecule has 0 spiro atoms. The molecule has 0 radical (unpaired) electrons. The summed E-state index contributed by atoms with van der Waals surface area (Å²) in [6.45, 7) is 7.74. The lowest BCUT2D eigenvalue weighted by molar-refractivity contribution is 1.50. The van der Waals surface area contributed by atoms with E-state index < -0.39 is 0 Å². The van der Waals surface area contributed by atoms with E-state index in [1.807, 2.05) is 19.9 Å². The molecule has 2 aromatic carbocycles. The van der Waals surface area contributed by atoms with Gasteiger partial charge in [0.1, 0.15) is 0 Å². The van der Waals surface area contributed by atoms with E-state index in [2.05, 4.69) is 49.0 Å². The third-order valence-electron chi connectivity index (χ3n) is 2.01. The lowest BCUT2D eigenvalue weighted by Crippen LogP contribution is -1.73. The van der Waals surface area contributed by atoms with Gasteiger partial charge in [0, 0.05) is 0 Å². The second kappa shape index (κ2) is 5.23. The van der Waals surface area contributed by atoms with Crippen LogP contribution >= 0.6 is 0 Å². The molecule has 2 rings (SSSR count). The number of rotatable bonds is 1. The zero-order chi connectivity index (χ0) is 10.4. The molecule has 0 bridgehead atoms. The minimum Gasteiger partial charge on any atom is -0.0985 e. The van der Waals surface area contributed by atoms with Crippen molar-refractivity contribution in [2.75, 3.05) is 0 Å². The molecule has 0 amide bonds. The van der Waals surface area contributed by atoms with E-state index in [1.54, 1.807) is 0 Å². The molecule has 0 aliphatic heterocycles. The average molecular weight is 184 g/mol. The summed E-state index contributed by atoms with van der Waals surface area (Å²) in [5, 5.41) is 2.55. The first-order chi connectivity index (χ1) is 6.90. The van der Waals surface area contributed by atoms with Crippen molar-refractivity contribution in [3.05, 3.63) is 54.6 Å². The molecule has 2 aromatic rings. The minimum atomic E-state index is 1.17. The summed E-state index contributed by atoms with van der Waals surface area (Å²) in [6, 6.07) is 14.7. The van der Waals surface area contributed by atoms with Gasteiger partial charge in [0.2, 0.25) is 0 Å². The van der Waals surface area contributed by atoms with Crippen molar-refractivity contribution in [1.82, 2.24) is 0 Å². The molecule has 14 heavy (non-hydrogen) atoms. The Labute approximate surface area is 85.9 Å². The molecule has 0 N–H and O–H groups in total. The molecule has 0 nitrogen and oxygen atoms in total. The quantitative estimate of drug-likeness (QED) is 0.611. The highest BCUT2D eigenvalue weighted by atomic mass is 14.0. The van der Waals surface area contributed by atoms with Gasteiger partial charge in [-0.1, -0.05) is 62.9 Å². The van der Waals surface area contributed by atoms with Crippen molar-refractivity contribution in [1.29, 1.82) is 0 Å². The van der Waals surface area contributed by atoms with Gasteiger partial charge < -0.3 is 0 Å². The first-order valence-electron chi connectivity index (χ1n) is 5.01. The van der Waals surface area contributed by atoms with E-state index in [4.69, 9.17) is 0 Å². The van der Waals surface area contributed by atoms with Gasteiger partial charge in [-0.15, -0.1) is 0 Å². The number of hydrogen-bond acceptors (Lipinski definition) is 0. The second-order valence-electron chi connectivity index (χ2n) is 2.81. The van der Waals surface area contributed by atoms with Crippen LogP contribution in [-0.4, -0.2) is 0 Å². The van der Waals surface area contributed by atoms with Gasteiger partial charge in [0.05, 0.1) is 0 Å². The van der Waals surface area contributed by atoms with Gasteiger partial charge in [-0.2, -0.15) is 0 Å². The smallest absolute Gasteiger partial charge is 0.0178 e. The van der Waals surface area contributed by atoms with Gasteiger partial charge in [-0.25, -0.2) is 0 Å². The number of hydrogen-bond donors (Lipinski definition) is 0. The Kier molecular flexibility index (Phi) is 3.93. The van der Waals surface area contributed by atoms with Crippen molar-refractivity contribution < 1.29 is 0 Å². The van der Waals surface area contributed by atoms with Crippen molar-refractivity contribution in [2.24, 2.45) is 0 Å². The van der Waals surface area contributed by atoms with Crippen LogP contribution in [0.5, 0.6) is 0 Å². The van der Waals surface area contributed by atoms with Gasteiger partial charge in [-0.05, 0) is 22.4 Å². The summed E-state index contributed by atoms with van der Waals surface area (Å²) in [6.07, 6.45) is 1.87. The fourth-order valence-corrected chi connectivity index (χ4v) is 1.33. The summed E-state index contributed by atoms with van der Waals surface area (Å²) >= 11 is 0. The standard InChI is InChI=1S/C12H10.C2H6/c1-2-10-7-8-11-5-3-4-6-12(11)9-10;1-2/h2-9H,1H2;1-2H3. The van der Waals surface area contributed by atoms with Crippen LogP contribution in [0.1, 0.15) is 19.4 Å². The molecule has 0 aliphatic rings. The molecule has 0 aromatic heterocycles. The normalized spacial score (nSPS) is 9.00. The van der Waals surface area contributed by atoms with Gasteiger partial charge >= 0.3 is 0 Å². The number of fused-ring (bicyclic) bond motifs is 1. The highest BCUT2D eigenvalue weighted by Crippen LogP contribution is 2.15. The highest BCUT2D eigenvalue weighted by molar-refractivity contribution is 5.84. The average Bonchev–Trinajstić information content (AvgIpc) is 2.31. The van der Waals surface area contributed by atoms with Crippen LogP contribution in [0.4, 0.5) is 0 Å². The van der Waals surface area contributed by atoms with Crippen molar-refractivity contribution in [2.45, 2.75) is 13.8 Å². The van der Waals surface area contributed by atoms with E-state index >= 15 is 0 Å². The van der Waals surface area contributed by atoms with Gasteiger partial charge in [0.25, 0.3) is 0 Å². The van der Waals surface area contributed by atoms with E-state index in [0.717, 1.165) is 0 Å². The Balaban J connectivity index is 0.000000461. The van der Waals surface area contributed by atoms with E-state index in [-0.39, 0.29) is 0 Å². The molecule has 0 atom stereocenters. The third kappa shape index (κ3) is 2.23. The molecule has 0 unspecified atom stereocenters. The summed E-state index contributed by atoms with van der Waals surface area (Å²) in [5.41, 5.74) is 1.17. The summed E-state index contributed by atoms with van der Waals surface area (Å²) in [5.74, 6) is 0. The van der Waals surface area contributed by atoms with Crippen LogP contribution in [0, 0.1) is 0 Å². The lowest BCUT2D eigenvalue weighted by Gasteiger charge is -1.97. The fourth-order valence-electron chi connectivity index (χ4n) is 1.33. The minimum absolute atomic E-state index is 1.17. The van der Waals surface area contributed by atoms with Crippen LogP contribution < -0.4 is 0 Å². The summed E-state index contributed by atoms with van der Waals surface area (Å²) in [4.78, 5) is 0. The molecule has 72 valence electrons. The van der Waals surface area contributed by atoms with Crippen LogP contribution in [0.2, 0.25) is 0 Å². The maximum absolute atomic E-state index is 3.74. The Bertz CT molecular complexity index is 413. The molecule has 0 aliphatic carbocycles. The third-order valence-corrected chi connectivity index (χ3v) is 2.01. The van der Waals surface area contributed by atoms with Crippen LogP contribution in [0.15, 0.2) is 49.0 Å². The Morgan fingerprint density at radius 3 is 2.21 bits per heavy atom. The Morgan fingerprint density at radius 2 is 1.57 bits per heavy atom. The first-order valence-corrected chi connectivity index (χ1v) is 5.01. The van der Waals surface area contributed by atoms with Gasteiger partial charge in [0.15, 0.2) is 0 Å². The van der Waals surface area contributed by atoms with Gasteiger partial charge in [-0.3, -0.25) is 0 Å². The summed E-state index contributed by atoms with van der Waals surface area (Å²) < 4.78 is 0. The maximum atomic E-state index is 3.74. The zero-order valence-corrected chi connectivity index (χ0v) is 8.83. The van der Waals surface area contributed by atoms with Crippen LogP contribution in [0.25, 0.3) is 16.8 Å². The topological polar surface area (TPSA) is 0 Å². The SMILES string of the molecule is C=Cc1ccc2ccccc2c1.CC. The highest BCUT2D eigenvalue weighted by Gasteiger charge is 1.90. The summed E-state index contributed by atoms with van der Waals surface area (Å²) in [7, 11) is 0. The van der Waals surface area contributed by atoms with Crippen molar-refractivity contribution >= 4 is 16.8 Å². The first kappa shape index (κ1) is 10.5. The molecular formula is C14H16. The molecule has 0 fully saturated rings. The van der Waals surface area contributed by atoms with Crippen LogP contribution in [-0.2, 0) is 0 Å². The molecule has 0 heterocycles. The van der Waals surface area contributed by atoms with E-state index in [9.17, 15) is 0 Å². The molecule has 0 heteroatoms. The Morgan fingerprint density at radius 1 is 0.929 bits per heavy atom. The molecular weight excluding hydrogens is 168 g/mol. The fraction of sp³-hybridized carbons (Fsp3) is 0.143. The van der Waals surface area contributed by atoms with Crippen LogP contribution in [0.3, 0.4) is 0 Å². The maximum Gasteiger partial charge on any atom is -0.0178 e. The number of benzene rings is 2. The van der Waals surface area contributed by atoms with E-state index in [0.29, 0.717) is 0 Å². The monoisotopic (exact) mass is 184 g/mol. The predicted molar refractivity (Wildman–Crippen MR) is 65.4 cm³/mol. The molecule has 0 saturated carbocycles. The molecule has 0 saturated heterocycles. The van der Waals surface area contributed by atoms with E-state index in [1.165, 1.54) is 16.3 Å². The largest absolute Gasteiger partial charge is 0.0985 e. The Hall–Kier alpha value is -1.56. The second-order valence-corrected chi connectivity index (χ2v) is 2.81. The lowest BCUT2D eigenvalue weighted by atomic mass is 10.1. The zero-order valence-electron chi connectivity index (χ0n) is 8.83. The van der Waals surface area contributed by atoms with Crippen molar-refractivity contribution in [3.63, 3.8) is 0 Å². The predicted octanol–water partition coefficient (Wildman–Crippen LogP) is 4.51. The van der Waals surface area contributed by atoms with Crippen molar-refractivity contribution in [3.8, 4) is 0 Å².